The van der Waals surface area contributed by atoms with E-state index in [0.717, 1.165) is 6.42 Å². The lowest BCUT2D eigenvalue weighted by atomic mass is 9.88. The molecule has 11 nitrogen and oxygen atoms in total. The largest absolute Gasteiger partial charge is 0.511 e. The lowest BCUT2D eigenvalue weighted by Crippen LogP contribution is -2.43. The number of esters is 1. The molecule has 0 aromatic heterocycles. The number of carbonyl (C=O) groups is 3. The van der Waals surface area contributed by atoms with E-state index in [1.54, 1.807) is 6.92 Å². The smallest absolute Gasteiger partial charge is 0.434 e. The fourth-order valence-electron chi connectivity index (χ4n) is 2.04. The number of carbonyl (C=O) groups excluding carboxylic acids is 3. The molecule has 2 atom stereocenters. The molecule has 0 saturated heterocycles. The number of rotatable bonds is 15. The van der Waals surface area contributed by atoms with Crippen LogP contribution in [0.25, 0.3) is 0 Å². The molecule has 0 rings (SSSR count). The number of amides is 1. The number of nitrogens with one attached hydrogen (secondary N) is 1. The lowest BCUT2D eigenvalue weighted by Gasteiger charge is -2.29. The first kappa shape index (κ1) is 29.1. The minimum Gasteiger partial charge on any atom is -0.434 e. The predicted octanol–water partition coefficient (Wildman–Crippen LogP) is 1.48. The van der Waals surface area contributed by atoms with Crippen molar-refractivity contribution in [3.63, 3.8) is 0 Å². The summed E-state index contributed by atoms with van der Waals surface area (Å²) < 4.78 is 43.6. The Morgan fingerprint density at radius 2 is 1.74 bits per heavy atom. The van der Waals surface area contributed by atoms with Gasteiger partial charge >= 0.3 is 12.1 Å². The normalized spacial score (nSPS) is 13.7. The zero-order valence-corrected chi connectivity index (χ0v) is 19.7. The van der Waals surface area contributed by atoms with Gasteiger partial charge in [0.25, 0.3) is 16.4 Å². The number of ether oxygens (including phenoxy) is 3. The minimum atomic E-state index is -3.93. The van der Waals surface area contributed by atoms with Crippen LogP contribution in [0, 0.1) is 5.41 Å². The van der Waals surface area contributed by atoms with Gasteiger partial charge in [-0.25, -0.2) is 9.59 Å². The van der Waals surface area contributed by atoms with E-state index in [1.807, 2.05) is 6.92 Å². The zero-order valence-electron chi connectivity index (χ0n) is 18.8. The quantitative estimate of drug-likeness (QED) is 0.156. The molecule has 0 aliphatic rings. The van der Waals surface area contributed by atoms with Crippen molar-refractivity contribution in [1.82, 2.24) is 5.32 Å². The van der Waals surface area contributed by atoms with E-state index in [9.17, 15) is 27.9 Å². The second-order valence-electron chi connectivity index (χ2n) is 7.60. The third-order valence-electron chi connectivity index (χ3n) is 4.05. The molecule has 0 fully saturated rings. The molecule has 1 unspecified atom stereocenters. The second-order valence-corrected chi connectivity index (χ2v) is 9.36. The Morgan fingerprint density at radius 3 is 2.29 bits per heavy atom. The lowest BCUT2D eigenvalue weighted by molar-refractivity contribution is -0.187. The molecule has 0 heterocycles. The van der Waals surface area contributed by atoms with Crippen molar-refractivity contribution in [2.75, 3.05) is 25.5 Å². The molecule has 0 aliphatic heterocycles. The first-order chi connectivity index (χ1) is 14.3. The van der Waals surface area contributed by atoms with Gasteiger partial charge in [-0.1, -0.05) is 34.1 Å². The van der Waals surface area contributed by atoms with Gasteiger partial charge in [0.2, 0.25) is 5.91 Å². The Bertz CT molecular complexity index is 677. The van der Waals surface area contributed by atoms with Crippen molar-refractivity contribution in [3.05, 3.63) is 0 Å². The van der Waals surface area contributed by atoms with Crippen molar-refractivity contribution >= 4 is 28.1 Å². The summed E-state index contributed by atoms with van der Waals surface area (Å²) in [5.41, 5.74) is -1.32. The molecular formula is C19H35NO10S. The van der Waals surface area contributed by atoms with Crippen LogP contribution in [0.1, 0.15) is 60.3 Å². The van der Waals surface area contributed by atoms with Crippen molar-refractivity contribution < 1.29 is 46.3 Å². The predicted molar refractivity (Wildman–Crippen MR) is 110 cm³/mol. The van der Waals surface area contributed by atoms with Gasteiger partial charge < -0.3 is 24.6 Å². The average Bonchev–Trinajstić information content (AvgIpc) is 2.68. The fraction of sp³-hybridized carbons (Fsp3) is 0.842. The van der Waals surface area contributed by atoms with Crippen molar-refractivity contribution in [2.45, 2.75) is 72.7 Å². The third-order valence-corrected chi connectivity index (χ3v) is 5.31. The van der Waals surface area contributed by atoms with E-state index in [2.05, 4.69) is 5.32 Å². The molecule has 31 heavy (non-hydrogen) atoms. The first-order valence-corrected chi connectivity index (χ1v) is 11.8. The van der Waals surface area contributed by atoms with Gasteiger partial charge in [-0.2, -0.15) is 8.42 Å². The van der Waals surface area contributed by atoms with Crippen LogP contribution in [-0.2, 0) is 38.1 Å². The highest BCUT2D eigenvalue weighted by Gasteiger charge is 2.38. The van der Waals surface area contributed by atoms with E-state index in [0.29, 0.717) is 6.42 Å². The maximum absolute atomic E-state index is 12.3. The summed E-state index contributed by atoms with van der Waals surface area (Å²) >= 11 is 0. The first-order valence-electron chi connectivity index (χ1n) is 10.2. The van der Waals surface area contributed by atoms with Crippen LogP contribution in [0.15, 0.2) is 0 Å². The van der Waals surface area contributed by atoms with E-state index >= 15 is 0 Å². The van der Waals surface area contributed by atoms with E-state index in [-0.39, 0.29) is 37.7 Å². The van der Waals surface area contributed by atoms with Crippen molar-refractivity contribution in [2.24, 2.45) is 5.41 Å². The molecule has 0 spiro atoms. The van der Waals surface area contributed by atoms with Crippen molar-refractivity contribution in [1.29, 1.82) is 0 Å². The van der Waals surface area contributed by atoms with Crippen LogP contribution in [0.2, 0.25) is 0 Å². The van der Waals surface area contributed by atoms with Crippen molar-refractivity contribution in [3.8, 4) is 0 Å². The molecule has 0 aromatic rings. The summed E-state index contributed by atoms with van der Waals surface area (Å²) in [6, 6.07) is 0. The summed E-state index contributed by atoms with van der Waals surface area (Å²) in [6.45, 7) is 7.56. The van der Waals surface area contributed by atoms with Gasteiger partial charge in [0.1, 0.15) is 0 Å². The Balaban J connectivity index is 4.64. The fourth-order valence-corrected chi connectivity index (χ4v) is 3.14. The second kappa shape index (κ2) is 14.2. The molecule has 12 heteroatoms. The van der Waals surface area contributed by atoms with Crippen LogP contribution >= 0.6 is 0 Å². The number of unbranched alkanes of at least 4 members (excludes halogenated alkanes) is 1. The molecule has 0 radical (unpaired) electrons. The molecular weight excluding hydrogens is 434 g/mol. The maximum Gasteiger partial charge on any atom is 0.511 e. The SMILES string of the molecule is CCCCOC(=O)OC(CC)OC(=O)[C@H](O)C(C)(C)COS(=O)(=O)CCCNC(C)=O. The number of aliphatic hydroxyl groups is 1. The van der Waals surface area contributed by atoms with E-state index < -0.39 is 46.7 Å². The standard InChI is InChI=1S/C19H35NO10S/c1-6-8-11-27-18(24)30-15(7-2)29-17(23)16(22)19(4,5)13-28-31(25,26)12-9-10-20-14(3)21/h15-16,22H,6-13H2,1-5H3,(H,20,21)/t15?,16-/m0/s1. The summed E-state index contributed by atoms with van der Waals surface area (Å²) in [5, 5.41) is 12.8. The van der Waals surface area contributed by atoms with Crippen LogP contribution in [-0.4, -0.2) is 69.5 Å². The van der Waals surface area contributed by atoms with E-state index in [1.165, 1.54) is 20.8 Å². The Morgan fingerprint density at radius 1 is 1.10 bits per heavy atom. The van der Waals surface area contributed by atoms with Gasteiger partial charge in [-0.05, 0) is 12.8 Å². The van der Waals surface area contributed by atoms with Gasteiger partial charge in [-0.15, -0.1) is 0 Å². The molecule has 1 amide bonds. The Hall–Kier alpha value is -1.92. The average molecular weight is 470 g/mol. The van der Waals surface area contributed by atoms with Gasteiger partial charge in [0.15, 0.2) is 6.10 Å². The van der Waals surface area contributed by atoms with E-state index in [4.69, 9.17) is 18.4 Å². The topological polar surface area (TPSA) is 155 Å². The third kappa shape index (κ3) is 13.2. The van der Waals surface area contributed by atoms with Gasteiger partial charge in [0, 0.05) is 25.3 Å². The van der Waals surface area contributed by atoms with Gasteiger partial charge in [-0.3, -0.25) is 8.98 Å². The molecule has 2 N–H and O–H groups in total. The molecule has 0 saturated carbocycles. The summed E-state index contributed by atoms with van der Waals surface area (Å²) in [5.74, 6) is -1.70. The molecule has 0 aromatic carbocycles. The highest BCUT2D eigenvalue weighted by Crippen LogP contribution is 2.24. The number of hydrogen-bond donors (Lipinski definition) is 2. The maximum atomic E-state index is 12.3. The monoisotopic (exact) mass is 469 g/mol. The van der Waals surface area contributed by atoms with Crippen LogP contribution < -0.4 is 5.32 Å². The number of aliphatic hydroxyl groups excluding tert-OH is 1. The van der Waals surface area contributed by atoms with Crippen LogP contribution in [0.3, 0.4) is 0 Å². The highest BCUT2D eigenvalue weighted by atomic mass is 32.2. The minimum absolute atomic E-state index is 0.126. The number of hydrogen-bond acceptors (Lipinski definition) is 10. The van der Waals surface area contributed by atoms with Gasteiger partial charge in [0.05, 0.1) is 19.0 Å². The summed E-state index contributed by atoms with van der Waals surface area (Å²) in [7, 11) is -3.93. The highest BCUT2D eigenvalue weighted by molar-refractivity contribution is 7.86. The zero-order chi connectivity index (χ0) is 24.1. The van der Waals surface area contributed by atoms with Crippen LogP contribution in [0.5, 0.6) is 0 Å². The molecule has 0 aliphatic carbocycles. The molecule has 182 valence electrons. The Kier molecular flexibility index (Phi) is 13.3. The summed E-state index contributed by atoms with van der Waals surface area (Å²) in [6.07, 6.45) is -2.22. The Labute approximate surface area is 183 Å². The molecule has 0 bridgehead atoms. The van der Waals surface area contributed by atoms with Crippen LogP contribution in [0.4, 0.5) is 4.79 Å². The summed E-state index contributed by atoms with van der Waals surface area (Å²) in [4.78, 5) is 34.6.